The normalized spacial score (nSPS) is 15.9. The van der Waals surface area contributed by atoms with Crippen molar-refractivity contribution < 1.29 is 9.53 Å². The van der Waals surface area contributed by atoms with E-state index in [0.29, 0.717) is 12.3 Å². The van der Waals surface area contributed by atoms with Gasteiger partial charge in [-0.05, 0) is 45.0 Å². The van der Waals surface area contributed by atoms with Crippen LogP contribution in [0.4, 0.5) is 0 Å². The van der Waals surface area contributed by atoms with Crippen molar-refractivity contribution in [2.24, 2.45) is 0 Å². The molecule has 4 nitrogen and oxygen atoms in total. The van der Waals surface area contributed by atoms with E-state index in [2.05, 4.69) is 22.1 Å². The zero-order valence-corrected chi connectivity index (χ0v) is 12.5. The number of amides is 1. The van der Waals surface area contributed by atoms with Gasteiger partial charge in [-0.15, -0.1) is 0 Å². The minimum atomic E-state index is -0.521. The molecule has 112 valence electrons. The van der Waals surface area contributed by atoms with Crippen LogP contribution in [0, 0.1) is 11.8 Å². The van der Waals surface area contributed by atoms with E-state index in [1.165, 1.54) is 12.8 Å². The maximum atomic E-state index is 11.9. The third-order valence-electron chi connectivity index (χ3n) is 3.40. The number of carbonyl (C=O) groups excluding carboxylic acids is 1. The molecule has 1 N–H and O–H groups in total. The molecule has 1 atom stereocenters. The molecule has 1 unspecified atom stereocenters. The zero-order chi connectivity index (χ0) is 14.9. The average molecular weight is 286 g/mol. The van der Waals surface area contributed by atoms with E-state index in [4.69, 9.17) is 4.74 Å². The summed E-state index contributed by atoms with van der Waals surface area (Å²) >= 11 is 0. The highest BCUT2D eigenvalue weighted by molar-refractivity contribution is 5.80. The van der Waals surface area contributed by atoms with Gasteiger partial charge in [-0.1, -0.05) is 30.0 Å². The monoisotopic (exact) mass is 286 g/mol. The first-order valence-corrected chi connectivity index (χ1v) is 7.43. The molecule has 1 saturated heterocycles. The summed E-state index contributed by atoms with van der Waals surface area (Å²) in [5.41, 5.74) is 0. The Kier molecular flexibility index (Phi) is 6.11. The summed E-state index contributed by atoms with van der Waals surface area (Å²) < 4.78 is 5.55. The maximum absolute atomic E-state index is 11.9. The molecule has 1 fully saturated rings. The molecule has 1 aromatic carbocycles. The Labute approximate surface area is 126 Å². The minimum Gasteiger partial charge on any atom is -0.481 e. The van der Waals surface area contributed by atoms with Crippen LogP contribution >= 0.6 is 0 Å². The summed E-state index contributed by atoms with van der Waals surface area (Å²) in [6, 6.07) is 9.33. The van der Waals surface area contributed by atoms with Crippen LogP contribution in [0.2, 0.25) is 0 Å². The zero-order valence-electron chi connectivity index (χ0n) is 12.5. The Balaban J connectivity index is 1.65. The van der Waals surface area contributed by atoms with Gasteiger partial charge in [-0.2, -0.15) is 0 Å². The first kappa shape index (κ1) is 15.4. The number of nitrogens with zero attached hydrogens (tertiary/aromatic N) is 1. The number of benzene rings is 1. The molecule has 0 radical (unpaired) electrons. The second-order valence-corrected chi connectivity index (χ2v) is 5.13. The van der Waals surface area contributed by atoms with Crippen LogP contribution in [-0.2, 0) is 4.79 Å². The van der Waals surface area contributed by atoms with Gasteiger partial charge < -0.3 is 10.1 Å². The van der Waals surface area contributed by atoms with E-state index in [0.717, 1.165) is 19.6 Å². The molecule has 0 spiro atoms. The molecule has 1 heterocycles. The molecule has 0 saturated carbocycles. The second kappa shape index (κ2) is 8.33. The summed E-state index contributed by atoms with van der Waals surface area (Å²) in [6.07, 6.45) is 2.02. The molecular weight excluding hydrogens is 264 g/mol. The van der Waals surface area contributed by atoms with Crippen LogP contribution in [0.5, 0.6) is 5.75 Å². The third-order valence-corrected chi connectivity index (χ3v) is 3.40. The van der Waals surface area contributed by atoms with E-state index in [-0.39, 0.29) is 5.91 Å². The lowest BCUT2D eigenvalue weighted by molar-refractivity contribution is -0.126. The van der Waals surface area contributed by atoms with Crippen LogP contribution in [-0.4, -0.2) is 43.1 Å². The van der Waals surface area contributed by atoms with Crippen molar-refractivity contribution >= 4 is 5.91 Å². The second-order valence-electron chi connectivity index (χ2n) is 5.13. The van der Waals surface area contributed by atoms with Crippen LogP contribution in [0.3, 0.4) is 0 Å². The Morgan fingerprint density at radius 2 is 2.00 bits per heavy atom. The molecule has 1 aliphatic rings. The quantitative estimate of drug-likeness (QED) is 0.837. The maximum Gasteiger partial charge on any atom is 0.261 e. The summed E-state index contributed by atoms with van der Waals surface area (Å²) in [7, 11) is 0. The standard InChI is InChI=1S/C17H22N2O2/c1-15(21-16-9-3-2-4-10-16)17(20)18-11-5-6-12-19-13-7-8-14-19/h2-4,9-10,15H,7-8,11-14H2,1H3,(H,18,20). The third kappa shape index (κ3) is 5.49. The minimum absolute atomic E-state index is 0.144. The largest absolute Gasteiger partial charge is 0.481 e. The van der Waals surface area contributed by atoms with Gasteiger partial charge in [-0.25, -0.2) is 0 Å². The van der Waals surface area contributed by atoms with Gasteiger partial charge in [-0.3, -0.25) is 9.69 Å². The molecule has 21 heavy (non-hydrogen) atoms. The van der Waals surface area contributed by atoms with Gasteiger partial charge in [0.25, 0.3) is 5.91 Å². The van der Waals surface area contributed by atoms with Crippen molar-refractivity contribution in [1.82, 2.24) is 10.2 Å². The lowest BCUT2D eigenvalue weighted by atomic mass is 10.3. The topological polar surface area (TPSA) is 41.6 Å². The molecular formula is C17H22N2O2. The Morgan fingerprint density at radius 1 is 1.29 bits per heavy atom. The molecule has 1 amide bonds. The van der Waals surface area contributed by atoms with Crippen LogP contribution in [0.1, 0.15) is 19.8 Å². The van der Waals surface area contributed by atoms with Crippen LogP contribution in [0.15, 0.2) is 30.3 Å². The van der Waals surface area contributed by atoms with E-state index in [1.54, 1.807) is 6.92 Å². The van der Waals surface area contributed by atoms with Crippen molar-refractivity contribution in [2.45, 2.75) is 25.9 Å². The molecule has 0 aliphatic carbocycles. The number of nitrogens with one attached hydrogen (secondary N) is 1. The fourth-order valence-corrected chi connectivity index (χ4v) is 2.20. The van der Waals surface area contributed by atoms with E-state index >= 15 is 0 Å². The number of hydrogen-bond donors (Lipinski definition) is 1. The van der Waals surface area contributed by atoms with Gasteiger partial charge in [0.2, 0.25) is 0 Å². The highest BCUT2D eigenvalue weighted by atomic mass is 16.5. The lowest BCUT2D eigenvalue weighted by Crippen LogP contribution is -2.36. The predicted molar refractivity (Wildman–Crippen MR) is 83.0 cm³/mol. The fraction of sp³-hybridized carbons (Fsp3) is 0.471. The summed E-state index contributed by atoms with van der Waals surface area (Å²) in [5.74, 6) is 6.63. The van der Waals surface area contributed by atoms with Crippen molar-refractivity contribution in [3.8, 4) is 17.6 Å². The van der Waals surface area contributed by atoms with Crippen molar-refractivity contribution in [2.75, 3.05) is 26.2 Å². The molecule has 0 bridgehead atoms. The summed E-state index contributed by atoms with van der Waals surface area (Å²) in [6.45, 7) is 5.19. The Hall–Kier alpha value is -1.99. The van der Waals surface area contributed by atoms with Gasteiger partial charge in [0.1, 0.15) is 5.75 Å². The highest BCUT2D eigenvalue weighted by Gasteiger charge is 2.13. The highest BCUT2D eigenvalue weighted by Crippen LogP contribution is 2.10. The van der Waals surface area contributed by atoms with Crippen molar-refractivity contribution in [1.29, 1.82) is 0 Å². The number of likely N-dealkylation sites (tertiary alicyclic amines) is 1. The molecule has 4 heteroatoms. The van der Waals surface area contributed by atoms with Gasteiger partial charge in [0.15, 0.2) is 6.10 Å². The average Bonchev–Trinajstić information content (AvgIpc) is 3.01. The fourth-order valence-electron chi connectivity index (χ4n) is 2.20. The smallest absolute Gasteiger partial charge is 0.261 e. The number of carbonyl (C=O) groups is 1. The Bertz CT molecular complexity index is 499. The van der Waals surface area contributed by atoms with E-state index in [1.807, 2.05) is 30.3 Å². The predicted octanol–water partition coefficient (Wildman–Crippen LogP) is 1.67. The first-order valence-electron chi connectivity index (χ1n) is 7.43. The number of rotatable bonds is 5. The lowest BCUT2D eigenvalue weighted by Gasteiger charge is -2.13. The molecule has 0 aromatic heterocycles. The SMILES string of the molecule is CC(Oc1ccccc1)C(=O)NCC#CCN1CCCC1. The molecule has 1 aromatic rings. The van der Waals surface area contributed by atoms with Gasteiger partial charge in [0.05, 0.1) is 13.1 Å². The van der Waals surface area contributed by atoms with E-state index in [9.17, 15) is 4.79 Å². The number of para-hydroxylation sites is 1. The van der Waals surface area contributed by atoms with E-state index < -0.39 is 6.10 Å². The van der Waals surface area contributed by atoms with Gasteiger partial charge >= 0.3 is 0 Å². The summed E-state index contributed by atoms with van der Waals surface area (Å²) in [4.78, 5) is 14.2. The van der Waals surface area contributed by atoms with Crippen molar-refractivity contribution in [3.63, 3.8) is 0 Å². The number of hydrogen-bond acceptors (Lipinski definition) is 3. The molecule has 1 aliphatic heterocycles. The van der Waals surface area contributed by atoms with Crippen LogP contribution in [0.25, 0.3) is 0 Å². The first-order chi connectivity index (χ1) is 10.3. The number of ether oxygens (including phenoxy) is 1. The Morgan fingerprint density at radius 3 is 2.71 bits per heavy atom. The van der Waals surface area contributed by atoms with Crippen LogP contribution < -0.4 is 10.1 Å². The van der Waals surface area contributed by atoms with Gasteiger partial charge in [0, 0.05) is 0 Å². The molecule has 2 rings (SSSR count). The van der Waals surface area contributed by atoms with Crippen molar-refractivity contribution in [3.05, 3.63) is 30.3 Å². The summed E-state index contributed by atoms with van der Waals surface area (Å²) in [5, 5.41) is 2.77.